The molecule has 2 aliphatic rings. The molecule has 4 rings (SSSR count). The Bertz CT molecular complexity index is 1010. The summed E-state index contributed by atoms with van der Waals surface area (Å²) in [5.41, 5.74) is 1.10. The molecule has 0 amide bonds. The topological polar surface area (TPSA) is 107 Å². The Hall–Kier alpha value is -3.11. The van der Waals surface area contributed by atoms with Crippen LogP contribution in [-0.4, -0.2) is 62.1 Å². The van der Waals surface area contributed by atoms with Gasteiger partial charge in [-0.2, -0.15) is 0 Å². The van der Waals surface area contributed by atoms with Gasteiger partial charge in [-0.3, -0.25) is 4.79 Å². The fourth-order valence-electron chi connectivity index (χ4n) is 4.03. The van der Waals surface area contributed by atoms with E-state index in [0.717, 1.165) is 5.56 Å². The van der Waals surface area contributed by atoms with Gasteiger partial charge < -0.3 is 33.2 Å². The second kappa shape index (κ2) is 11.5. The summed E-state index contributed by atoms with van der Waals surface area (Å²) in [6.07, 6.45) is -5.47. The normalized spacial score (nSPS) is 27.9. The van der Waals surface area contributed by atoms with Crippen molar-refractivity contribution < 1.29 is 42.8 Å². The molecule has 0 unspecified atom stereocenters. The first kappa shape index (κ1) is 25.0. The van der Waals surface area contributed by atoms with Gasteiger partial charge in [-0.25, -0.2) is 4.79 Å². The van der Waals surface area contributed by atoms with Gasteiger partial charge in [0.15, 0.2) is 24.8 Å². The lowest BCUT2D eigenvalue weighted by Crippen LogP contribution is -2.64. The third-order valence-electron chi connectivity index (χ3n) is 5.79. The van der Waals surface area contributed by atoms with Crippen LogP contribution >= 0.6 is 0 Å². The first-order chi connectivity index (χ1) is 17.0. The number of benzene rings is 2. The average molecular weight is 485 g/mol. The molecule has 0 N–H and O–H groups in total. The van der Waals surface area contributed by atoms with E-state index in [9.17, 15) is 14.4 Å². The Morgan fingerprint density at radius 3 is 2.23 bits per heavy atom. The maximum Gasteiger partial charge on any atom is 0.338 e. The van der Waals surface area contributed by atoms with Crippen molar-refractivity contribution in [2.75, 3.05) is 13.7 Å². The molecular formula is C26H28O9. The second-order valence-electron chi connectivity index (χ2n) is 8.35. The lowest BCUT2D eigenvalue weighted by molar-refractivity contribution is -0.358. The van der Waals surface area contributed by atoms with Crippen molar-refractivity contribution in [1.29, 1.82) is 0 Å². The summed E-state index contributed by atoms with van der Waals surface area (Å²) < 4.78 is 35.0. The highest BCUT2D eigenvalue weighted by Crippen LogP contribution is 2.37. The molecule has 2 aromatic carbocycles. The van der Waals surface area contributed by atoms with Crippen molar-refractivity contribution in [2.45, 2.75) is 56.8 Å². The van der Waals surface area contributed by atoms with Gasteiger partial charge in [0, 0.05) is 19.1 Å². The van der Waals surface area contributed by atoms with Crippen molar-refractivity contribution in [3.05, 3.63) is 71.8 Å². The van der Waals surface area contributed by atoms with Crippen LogP contribution in [0.25, 0.3) is 0 Å². The number of carbonyl (C=O) groups excluding carboxylic acids is 3. The Kier molecular flexibility index (Phi) is 8.25. The molecule has 6 atom stereocenters. The molecule has 2 aromatic rings. The minimum atomic E-state index is -1.12. The van der Waals surface area contributed by atoms with E-state index in [2.05, 4.69) is 0 Å². The maximum atomic E-state index is 12.9. The smallest absolute Gasteiger partial charge is 0.338 e. The summed E-state index contributed by atoms with van der Waals surface area (Å²) >= 11 is 0. The SMILES string of the molecule is CO[C@H]1O[C@@H]2CO[C@@H](c3ccccc3)O[C@H]2[C@@H](OC(=O)CCC(C)=O)[C@H]1OC(=O)c1ccccc1. The van der Waals surface area contributed by atoms with E-state index in [1.54, 1.807) is 30.3 Å². The summed E-state index contributed by atoms with van der Waals surface area (Å²) in [4.78, 5) is 36.9. The van der Waals surface area contributed by atoms with Crippen LogP contribution in [0.4, 0.5) is 0 Å². The molecule has 0 bridgehead atoms. The van der Waals surface area contributed by atoms with Crippen molar-refractivity contribution in [2.24, 2.45) is 0 Å². The molecule has 9 nitrogen and oxygen atoms in total. The monoisotopic (exact) mass is 484 g/mol. The van der Waals surface area contributed by atoms with Crippen LogP contribution in [-0.2, 0) is 38.0 Å². The lowest BCUT2D eigenvalue weighted by atomic mass is 9.97. The van der Waals surface area contributed by atoms with Crippen molar-refractivity contribution in [3.8, 4) is 0 Å². The van der Waals surface area contributed by atoms with E-state index >= 15 is 0 Å². The largest absolute Gasteiger partial charge is 0.455 e. The minimum Gasteiger partial charge on any atom is -0.455 e. The van der Waals surface area contributed by atoms with E-state index in [0.29, 0.717) is 5.56 Å². The molecule has 0 radical (unpaired) electrons. The highest BCUT2D eigenvalue weighted by atomic mass is 16.8. The molecule has 2 saturated heterocycles. The van der Waals surface area contributed by atoms with Gasteiger partial charge in [-0.1, -0.05) is 48.5 Å². The van der Waals surface area contributed by atoms with E-state index in [-0.39, 0.29) is 25.2 Å². The summed E-state index contributed by atoms with van der Waals surface area (Å²) in [5, 5.41) is 0. The fourth-order valence-corrected chi connectivity index (χ4v) is 4.03. The van der Waals surface area contributed by atoms with Crippen molar-refractivity contribution in [3.63, 3.8) is 0 Å². The standard InChI is InChI=1S/C26H28O9/c1-16(27)13-14-20(28)33-22-21-19(15-31-25(35-21)18-11-7-4-8-12-18)32-26(30-2)23(22)34-24(29)17-9-5-3-6-10-17/h3-12,19,21-23,25-26H,13-15H2,1-2H3/t19-,21-,22-,23-,25-,26+/m1/s1. The Balaban J connectivity index is 1.60. The summed E-state index contributed by atoms with van der Waals surface area (Å²) in [6.45, 7) is 1.54. The molecule has 35 heavy (non-hydrogen) atoms. The van der Waals surface area contributed by atoms with Crippen LogP contribution in [0.2, 0.25) is 0 Å². The first-order valence-corrected chi connectivity index (χ1v) is 11.4. The highest BCUT2D eigenvalue weighted by molar-refractivity contribution is 5.89. The molecule has 2 aliphatic heterocycles. The van der Waals surface area contributed by atoms with Crippen LogP contribution in [0.15, 0.2) is 60.7 Å². The van der Waals surface area contributed by atoms with Gasteiger partial charge in [-0.05, 0) is 19.1 Å². The third kappa shape index (κ3) is 6.12. The predicted octanol–water partition coefficient (Wildman–Crippen LogP) is 2.98. The number of hydrogen-bond acceptors (Lipinski definition) is 9. The summed E-state index contributed by atoms with van der Waals surface area (Å²) in [6, 6.07) is 17.7. The van der Waals surface area contributed by atoms with Gasteiger partial charge in [0.1, 0.15) is 18.0 Å². The van der Waals surface area contributed by atoms with Crippen molar-refractivity contribution >= 4 is 17.7 Å². The zero-order valence-electron chi connectivity index (χ0n) is 19.5. The van der Waals surface area contributed by atoms with E-state index < -0.39 is 48.9 Å². The number of rotatable bonds is 8. The fraction of sp³-hybridized carbons (Fsp3) is 0.423. The molecule has 0 aliphatic carbocycles. The summed E-state index contributed by atoms with van der Waals surface area (Å²) in [7, 11) is 1.40. The van der Waals surface area contributed by atoms with Crippen LogP contribution in [0.1, 0.15) is 42.0 Å². The Morgan fingerprint density at radius 1 is 0.886 bits per heavy atom. The summed E-state index contributed by atoms with van der Waals surface area (Å²) in [5.74, 6) is -1.39. The minimum absolute atomic E-state index is 0.0366. The van der Waals surface area contributed by atoms with E-state index in [1.807, 2.05) is 30.3 Å². The van der Waals surface area contributed by atoms with Crippen LogP contribution < -0.4 is 0 Å². The van der Waals surface area contributed by atoms with Crippen LogP contribution in [0.5, 0.6) is 0 Å². The molecule has 9 heteroatoms. The van der Waals surface area contributed by atoms with E-state index in [1.165, 1.54) is 14.0 Å². The number of fused-ring (bicyclic) bond motifs is 1. The number of ketones is 1. The number of esters is 2. The Morgan fingerprint density at radius 2 is 1.57 bits per heavy atom. The Labute approximate surface area is 203 Å². The molecule has 186 valence electrons. The average Bonchev–Trinajstić information content (AvgIpc) is 2.89. The number of Topliss-reactive ketones (excluding diaryl/α,β-unsaturated/α-hetero) is 1. The highest BCUT2D eigenvalue weighted by Gasteiger charge is 2.54. The van der Waals surface area contributed by atoms with Crippen LogP contribution in [0.3, 0.4) is 0 Å². The quantitative estimate of drug-likeness (QED) is 0.523. The van der Waals surface area contributed by atoms with E-state index in [4.69, 9.17) is 28.4 Å². The second-order valence-corrected chi connectivity index (χ2v) is 8.35. The number of hydrogen-bond donors (Lipinski definition) is 0. The predicted molar refractivity (Wildman–Crippen MR) is 121 cm³/mol. The van der Waals surface area contributed by atoms with Gasteiger partial charge in [0.05, 0.1) is 18.6 Å². The molecule has 2 heterocycles. The third-order valence-corrected chi connectivity index (χ3v) is 5.79. The van der Waals surface area contributed by atoms with Gasteiger partial charge in [0.2, 0.25) is 0 Å². The first-order valence-electron chi connectivity index (χ1n) is 11.4. The molecular weight excluding hydrogens is 456 g/mol. The number of ether oxygens (including phenoxy) is 6. The molecule has 0 saturated carbocycles. The van der Waals surface area contributed by atoms with Crippen LogP contribution in [0, 0.1) is 0 Å². The zero-order valence-corrected chi connectivity index (χ0v) is 19.5. The van der Waals surface area contributed by atoms with Gasteiger partial charge >= 0.3 is 11.9 Å². The molecule has 0 spiro atoms. The lowest BCUT2D eigenvalue weighted by Gasteiger charge is -2.47. The number of carbonyl (C=O) groups is 3. The zero-order chi connectivity index (χ0) is 24.8. The van der Waals surface area contributed by atoms with Gasteiger partial charge in [-0.15, -0.1) is 0 Å². The maximum absolute atomic E-state index is 12.9. The number of methoxy groups -OCH3 is 1. The van der Waals surface area contributed by atoms with Gasteiger partial charge in [0.25, 0.3) is 0 Å². The molecule has 2 fully saturated rings. The molecule has 0 aromatic heterocycles. The van der Waals surface area contributed by atoms with Crippen molar-refractivity contribution in [1.82, 2.24) is 0 Å².